The number of rotatable bonds is 6. The number of hydrogen-bond acceptors (Lipinski definition) is 2. The molecule has 5 rings (SSSR count). The van der Waals surface area contributed by atoms with Crippen molar-refractivity contribution in [3.8, 4) is 11.8 Å². The zero-order chi connectivity index (χ0) is 23.7. The second kappa shape index (κ2) is 10.9. The summed E-state index contributed by atoms with van der Waals surface area (Å²) in [6, 6.07) is 52.0. The Hall–Kier alpha value is -4.74. The van der Waals surface area contributed by atoms with Gasteiger partial charge in [0.05, 0.1) is 0 Å². The van der Waals surface area contributed by atoms with Crippen molar-refractivity contribution in [3.05, 3.63) is 157 Å². The average Bonchev–Trinajstić information content (AvgIpc) is 2.95. The fourth-order valence-electron chi connectivity index (χ4n) is 4.13. The Morgan fingerprint density at radius 1 is 0.371 bits per heavy atom. The molecule has 0 aromatic heterocycles. The summed E-state index contributed by atoms with van der Waals surface area (Å²) in [4.78, 5) is 4.60. The zero-order valence-electron chi connectivity index (χ0n) is 19.4. The molecule has 0 saturated heterocycles. The second-order valence-corrected chi connectivity index (χ2v) is 8.09. The molecule has 0 saturated carbocycles. The van der Waals surface area contributed by atoms with Crippen LogP contribution in [0.4, 0.5) is 22.7 Å². The lowest BCUT2D eigenvalue weighted by Gasteiger charge is -2.39. The van der Waals surface area contributed by atoms with Crippen LogP contribution in [0.1, 0.15) is 5.56 Å². The lowest BCUT2D eigenvalue weighted by atomic mass is 10.1. The van der Waals surface area contributed by atoms with Crippen LogP contribution in [0.3, 0.4) is 0 Å². The molecule has 168 valence electrons. The van der Waals surface area contributed by atoms with Crippen molar-refractivity contribution >= 4 is 22.7 Å². The second-order valence-electron chi connectivity index (χ2n) is 8.09. The van der Waals surface area contributed by atoms with Gasteiger partial charge in [0.2, 0.25) is 0 Å². The highest BCUT2D eigenvalue weighted by atomic mass is 15.4. The summed E-state index contributed by atoms with van der Waals surface area (Å²) in [6.45, 7) is 0. The summed E-state index contributed by atoms with van der Waals surface area (Å²) in [7, 11) is 0. The first-order valence-corrected chi connectivity index (χ1v) is 11.8. The van der Waals surface area contributed by atoms with Crippen molar-refractivity contribution in [3.63, 3.8) is 0 Å². The van der Waals surface area contributed by atoms with Gasteiger partial charge in [-0.2, -0.15) is 0 Å². The van der Waals surface area contributed by atoms with Crippen LogP contribution in [0.2, 0.25) is 0 Å². The summed E-state index contributed by atoms with van der Waals surface area (Å²) >= 11 is 0. The number of para-hydroxylation sites is 4. The van der Waals surface area contributed by atoms with Crippen molar-refractivity contribution in [1.82, 2.24) is 0 Å². The van der Waals surface area contributed by atoms with Crippen LogP contribution in [0.25, 0.3) is 0 Å². The zero-order valence-corrected chi connectivity index (χ0v) is 19.4. The molecular formula is C33H26N2. The van der Waals surface area contributed by atoms with Gasteiger partial charge in [0, 0.05) is 28.3 Å². The van der Waals surface area contributed by atoms with E-state index in [4.69, 9.17) is 0 Å². The van der Waals surface area contributed by atoms with Gasteiger partial charge in [-0.05, 0) is 66.6 Å². The van der Waals surface area contributed by atoms with Gasteiger partial charge in [-0.1, -0.05) is 96.9 Å². The van der Waals surface area contributed by atoms with Gasteiger partial charge in [0.15, 0.2) is 6.17 Å². The summed E-state index contributed by atoms with van der Waals surface area (Å²) in [5.41, 5.74) is 5.27. The number of anilines is 4. The highest BCUT2D eigenvalue weighted by Gasteiger charge is 2.27. The van der Waals surface area contributed by atoms with Crippen LogP contribution in [0, 0.1) is 11.8 Å². The largest absolute Gasteiger partial charge is 0.310 e. The molecule has 0 amide bonds. The molecule has 0 aliphatic heterocycles. The van der Waals surface area contributed by atoms with Gasteiger partial charge in [-0.15, -0.1) is 0 Å². The third-order valence-electron chi connectivity index (χ3n) is 5.75. The smallest absolute Gasteiger partial charge is 0.175 e. The summed E-state index contributed by atoms with van der Waals surface area (Å²) in [6.07, 6.45) is -0.315. The molecule has 0 spiro atoms. The maximum Gasteiger partial charge on any atom is 0.175 e. The molecule has 5 aromatic rings. The lowest BCUT2D eigenvalue weighted by molar-refractivity contribution is 0.807. The Bertz CT molecular complexity index is 1210. The van der Waals surface area contributed by atoms with E-state index in [1.54, 1.807) is 0 Å². The Balaban J connectivity index is 1.75. The first-order valence-electron chi connectivity index (χ1n) is 11.8. The minimum Gasteiger partial charge on any atom is -0.310 e. The fourth-order valence-corrected chi connectivity index (χ4v) is 4.13. The summed E-state index contributed by atoms with van der Waals surface area (Å²) in [5, 5.41) is 0. The third-order valence-corrected chi connectivity index (χ3v) is 5.75. The van der Waals surface area contributed by atoms with E-state index in [1.807, 2.05) is 42.5 Å². The van der Waals surface area contributed by atoms with Crippen LogP contribution in [-0.4, -0.2) is 6.17 Å². The molecule has 2 heteroatoms. The molecule has 0 radical (unpaired) electrons. The number of benzene rings is 5. The Morgan fingerprint density at radius 2 is 0.657 bits per heavy atom. The highest BCUT2D eigenvalue weighted by molar-refractivity contribution is 5.73. The molecule has 0 aliphatic rings. The maximum absolute atomic E-state index is 3.63. The van der Waals surface area contributed by atoms with E-state index in [0.29, 0.717) is 0 Å². The minimum atomic E-state index is -0.315. The van der Waals surface area contributed by atoms with E-state index in [0.717, 1.165) is 28.3 Å². The van der Waals surface area contributed by atoms with Crippen molar-refractivity contribution in [2.45, 2.75) is 6.17 Å². The van der Waals surface area contributed by atoms with E-state index in [1.165, 1.54) is 0 Å². The van der Waals surface area contributed by atoms with E-state index in [-0.39, 0.29) is 6.17 Å². The molecule has 2 nitrogen and oxygen atoms in total. The molecule has 0 fully saturated rings. The Kier molecular flexibility index (Phi) is 6.89. The molecule has 0 unspecified atom stereocenters. The normalized spacial score (nSPS) is 10.3. The van der Waals surface area contributed by atoms with Crippen LogP contribution in [-0.2, 0) is 0 Å². The molecule has 0 heterocycles. The molecule has 0 atom stereocenters. The van der Waals surface area contributed by atoms with Gasteiger partial charge in [0.1, 0.15) is 0 Å². The van der Waals surface area contributed by atoms with Gasteiger partial charge in [-0.25, -0.2) is 0 Å². The predicted octanol–water partition coefficient (Wildman–Crippen LogP) is 8.04. The van der Waals surface area contributed by atoms with Crippen LogP contribution in [0.5, 0.6) is 0 Å². The van der Waals surface area contributed by atoms with Crippen LogP contribution in [0.15, 0.2) is 152 Å². The number of hydrogen-bond donors (Lipinski definition) is 0. The highest BCUT2D eigenvalue weighted by Crippen LogP contribution is 2.35. The third kappa shape index (κ3) is 5.27. The topological polar surface area (TPSA) is 6.48 Å². The van der Waals surface area contributed by atoms with Crippen molar-refractivity contribution in [2.24, 2.45) is 0 Å². The monoisotopic (exact) mass is 450 g/mol. The van der Waals surface area contributed by atoms with E-state index in [2.05, 4.69) is 131 Å². The van der Waals surface area contributed by atoms with E-state index >= 15 is 0 Å². The Labute approximate surface area is 207 Å². The van der Waals surface area contributed by atoms with Gasteiger partial charge in [-0.3, -0.25) is 0 Å². The average molecular weight is 451 g/mol. The van der Waals surface area contributed by atoms with E-state index in [9.17, 15) is 0 Å². The number of nitrogens with zero attached hydrogens (tertiary/aromatic N) is 2. The van der Waals surface area contributed by atoms with Crippen LogP contribution < -0.4 is 9.80 Å². The Morgan fingerprint density at radius 3 is 0.971 bits per heavy atom. The molecule has 0 bridgehead atoms. The lowest BCUT2D eigenvalue weighted by Crippen LogP contribution is -2.43. The van der Waals surface area contributed by atoms with Crippen molar-refractivity contribution < 1.29 is 0 Å². The first-order chi connectivity index (χ1) is 17.4. The summed E-state index contributed by atoms with van der Waals surface area (Å²) < 4.78 is 0. The van der Waals surface area contributed by atoms with E-state index < -0.39 is 0 Å². The van der Waals surface area contributed by atoms with Crippen molar-refractivity contribution in [2.75, 3.05) is 9.80 Å². The van der Waals surface area contributed by atoms with Gasteiger partial charge in [0.25, 0.3) is 0 Å². The molecule has 0 N–H and O–H groups in total. The van der Waals surface area contributed by atoms with Crippen LogP contribution >= 0.6 is 0 Å². The predicted molar refractivity (Wildman–Crippen MR) is 147 cm³/mol. The minimum absolute atomic E-state index is 0.315. The SMILES string of the molecule is C(#CC(N(c1ccccc1)c1ccccc1)N(c1ccccc1)c1ccccc1)c1ccccc1. The maximum atomic E-state index is 3.63. The van der Waals surface area contributed by atoms with Crippen molar-refractivity contribution in [1.29, 1.82) is 0 Å². The quantitative estimate of drug-likeness (QED) is 0.191. The first kappa shape index (κ1) is 22.1. The molecule has 5 aromatic carbocycles. The van der Waals surface area contributed by atoms with Gasteiger partial charge < -0.3 is 9.80 Å². The fraction of sp³-hybridized carbons (Fsp3) is 0.0303. The molecule has 0 aliphatic carbocycles. The molecule has 35 heavy (non-hydrogen) atoms. The molecular weight excluding hydrogens is 424 g/mol. The standard InChI is InChI=1S/C33H26N2/c1-6-16-28(17-7-1)26-27-33(34(29-18-8-2-9-19-29)30-20-10-3-11-21-30)35(31-22-12-4-13-23-31)32-24-14-5-15-25-32/h1-25,33H. The van der Waals surface area contributed by atoms with Gasteiger partial charge >= 0.3 is 0 Å². The summed E-state index contributed by atoms with van der Waals surface area (Å²) in [5.74, 6) is 7.08.